The van der Waals surface area contributed by atoms with Crippen LogP contribution >= 0.6 is 11.8 Å². The SMILES string of the molecule is CC(=O)c1cccc(NC(=O)C(C)Sc2nccn2-c2ccc(C)cc2C)c1. The number of thioether (sulfide) groups is 1. The summed E-state index contributed by atoms with van der Waals surface area (Å²) in [6.07, 6.45) is 3.64. The summed E-state index contributed by atoms with van der Waals surface area (Å²) < 4.78 is 2.00. The van der Waals surface area contributed by atoms with E-state index < -0.39 is 0 Å². The summed E-state index contributed by atoms with van der Waals surface area (Å²) in [6, 6.07) is 13.2. The van der Waals surface area contributed by atoms with E-state index in [9.17, 15) is 9.59 Å². The number of carbonyl (C=O) groups excluding carboxylic acids is 2. The number of nitrogens with zero attached hydrogens (tertiary/aromatic N) is 2. The van der Waals surface area contributed by atoms with Gasteiger partial charge in [0.1, 0.15) is 0 Å². The van der Waals surface area contributed by atoms with Crippen molar-refractivity contribution in [2.45, 2.75) is 38.1 Å². The molecule has 0 bridgehead atoms. The average Bonchev–Trinajstić information content (AvgIpc) is 3.09. The number of benzene rings is 2. The Bertz CT molecular complexity index is 1030. The van der Waals surface area contributed by atoms with Gasteiger partial charge >= 0.3 is 0 Å². The van der Waals surface area contributed by atoms with Gasteiger partial charge in [0.15, 0.2) is 10.9 Å². The van der Waals surface area contributed by atoms with Crippen molar-refractivity contribution in [3.8, 4) is 5.69 Å². The van der Waals surface area contributed by atoms with E-state index in [0.717, 1.165) is 16.4 Å². The molecule has 1 aromatic heterocycles. The second kappa shape index (κ2) is 8.44. The molecule has 0 aliphatic heterocycles. The molecule has 3 aromatic rings. The number of carbonyl (C=O) groups is 2. The molecule has 6 heteroatoms. The van der Waals surface area contributed by atoms with Crippen LogP contribution in [0, 0.1) is 13.8 Å². The van der Waals surface area contributed by atoms with Crippen LogP contribution in [0.2, 0.25) is 0 Å². The van der Waals surface area contributed by atoms with E-state index in [-0.39, 0.29) is 16.9 Å². The molecule has 2 aromatic carbocycles. The van der Waals surface area contributed by atoms with Gasteiger partial charge in [0.05, 0.1) is 10.9 Å². The monoisotopic (exact) mass is 393 g/mol. The van der Waals surface area contributed by atoms with Crippen molar-refractivity contribution in [1.29, 1.82) is 0 Å². The number of aryl methyl sites for hydroxylation is 2. The molecule has 1 heterocycles. The summed E-state index contributed by atoms with van der Waals surface area (Å²) in [6.45, 7) is 7.48. The summed E-state index contributed by atoms with van der Waals surface area (Å²) in [4.78, 5) is 28.6. The van der Waals surface area contributed by atoms with Crippen molar-refractivity contribution in [2.75, 3.05) is 5.32 Å². The Kier molecular flexibility index (Phi) is 5.99. The van der Waals surface area contributed by atoms with Crippen molar-refractivity contribution in [3.63, 3.8) is 0 Å². The van der Waals surface area contributed by atoms with Crippen LogP contribution in [0.25, 0.3) is 5.69 Å². The molecule has 1 atom stereocenters. The number of amides is 1. The second-order valence-corrected chi connectivity index (χ2v) is 8.06. The predicted octanol–water partition coefficient (Wildman–Crippen LogP) is 4.81. The average molecular weight is 394 g/mol. The normalized spacial score (nSPS) is 11.9. The first-order valence-electron chi connectivity index (χ1n) is 9.04. The molecule has 0 spiro atoms. The van der Waals surface area contributed by atoms with Crippen LogP contribution in [0.3, 0.4) is 0 Å². The number of anilines is 1. The Morgan fingerprint density at radius 2 is 1.93 bits per heavy atom. The fourth-order valence-corrected chi connectivity index (χ4v) is 3.78. The second-order valence-electron chi connectivity index (χ2n) is 6.76. The van der Waals surface area contributed by atoms with Crippen molar-refractivity contribution in [1.82, 2.24) is 9.55 Å². The van der Waals surface area contributed by atoms with E-state index in [1.807, 2.05) is 17.7 Å². The van der Waals surface area contributed by atoms with Gasteiger partial charge in [0, 0.05) is 23.6 Å². The molecular weight excluding hydrogens is 370 g/mol. The lowest BCUT2D eigenvalue weighted by Gasteiger charge is -2.15. The van der Waals surface area contributed by atoms with E-state index in [1.165, 1.54) is 24.2 Å². The van der Waals surface area contributed by atoms with Gasteiger partial charge in [-0.1, -0.05) is 41.6 Å². The smallest absolute Gasteiger partial charge is 0.237 e. The third kappa shape index (κ3) is 4.51. The highest BCUT2D eigenvalue weighted by molar-refractivity contribution is 8.00. The van der Waals surface area contributed by atoms with Gasteiger partial charge < -0.3 is 5.32 Å². The van der Waals surface area contributed by atoms with E-state index in [4.69, 9.17) is 0 Å². The third-order valence-corrected chi connectivity index (χ3v) is 5.49. The largest absolute Gasteiger partial charge is 0.325 e. The van der Waals surface area contributed by atoms with Crippen molar-refractivity contribution < 1.29 is 9.59 Å². The van der Waals surface area contributed by atoms with E-state index in [2.05, 4.69) is 42.3 Å². The highest BCUT2D eigenvalue weighted by Gasteiger charge is 2.18. The van der Waals surface area contributed by atoms with Crippen molar-refractivity contribution >= 4 is 29.1 Å². The van der Waals surface area contributed by atoms with Gasteiger partial charge in [-0.3, -0.25) is 14.2 Å². The van der Waals surface area contributed by atoms with Crippen LogP contribution in [0.15, 0.2) is 60.0 Å². The molecule has 1 amide bonds. The number of rotatable bonds is 6. The first-order valence-corrected chi connectivity index (χ1v) is 9.92. The molecule has 0 aliphatic rings. The summed E-state index contributed by atoms with van der Waals surface area (Å²) in [5, 5.41) is 3.28. The Hall–Kier alpha value is -2.86. The molecule has 0 saturated heterocycles. The molecule has 144 valence electrons. The number of hydrogen-bond acceptors (Lipinski definition) is 4. The first kappa shape index (κ1) is 19.9. The van der Waals surface area contributed by atoms with Crippen molar-refractivity contribution in [3.05, 3.63) is 71.5 Å². The van der Waals surface area contributed by atoms with Crippen LogP contribution in [-0.4, -0.2) is 26.5 Å². The maximum absolute atomic E-state index is 12.6. The molecule has 3 rings (SSSR count). The molecular formula is C22H23N3O2S. The van der Waals surface area contributed by atoms with Gasteiger partial charge in [-0.25, -0.2) is 4.98 Å². The Balaban J connectivity index is 1.74. The third-order valence-electron chi connectivity index (χ3n) is 4.41. The summed E-state index contributed by atoms with van der Waals surface area (Å²) in [5.74, 6) is -0.171. The molecule has 1 unspecified atom stereocenters. The number of imidazole rings is 1. The number of nitrogens with one attached hydrogen (secondary N) is 1. The Morgan fingerprint density at radius 3 is 2.64 bits per heavy atom. The van der Waals surface area contributed by atoms with Gasteiger partial charge in [-0.05, 0) is 51.5 Å². The number of hydrogen-bond donors (Lipinski definition) is 1. The van der Waals surface area contributed by atoms with Gasteiger partial charge in [-0.2, -0.15) is 0 Å². The van der Waals surface area contributed by atoms with Crippen LogP contribution in [0.5, 0.6) is 0 Å². The zero-order valence-electron chi connectivity index (χ0n) is 16.4. The minimum Gasteiger partial charge on any atom is -0.325 e. The molecule has 28 heavy (non-hydrogen) atoms. The van der Waals surface area contributed by atoms with Gasteiger partial charge in [0.2, 0.25) is 5.91 Å². The quantitative estimate of drug-likeness (QED) is 0.482. The van der Waals surface area contributed by atoms with Crippen molar-refractivity contribution in [2.24, 2.45) is 0 Å². The maximum Gasteiger partial charge on any atom is 0.237 e. The predicted molar refractivity (Wildman–Crippen MR) is 113 cm³/mol. The van der Waals surface area contributed by atoms with E-state index >= 15 is 0 Å². The molecule has 0 saturated carbocycles. The fourth-order valence-electron chi connectivity index (χ4n) is 2.91. The standard InChI is InChI=1S/C22H23N3O2S/c1-14-8-9-20(15(2)12-14)25-11-10-23-22(25)28-17(4)21(27)24-19-7-5-6-18(13-19)16(3)26/h5-13,17H,1-4H3,(H,24,27). The highest BCUT2D eigenvalue weighted by Crippen LogP contribution is 2.27. The highest BCUT2D eigenvalue weighted by atomic mass is 32.2. The van der Waals surface area contributed by atoms with Gasteiger partial charge in [0.25, 0.3) is 0 Å². The van der Waals surface area contributed by atoms with Gasteiger partial charge in [-0.15, -0.1) is 0 Å². The first-order chi connectivity index (χ1) is 13.3. The Labute approximate surface area is 169 Å². The van der Waals surface area contributed by atoms with Crippen LogP contribution in [0.4, 0.5) is 5.69 Å². The zero-order chi connectivity index (χ0) is 20.3. The van der Waals surface area contributed by atoms with E-state index in [1.54, 1.807) is 30.5 Å². The van der Waals surface area contributed by atoms with Crippen LogP contribution < -0.4 is 5.32 Å². The lowest BCUT2D eigenvalue weighted by atomic mass is 10.1. The maximum atomic E-state index is 12.6. The topological polar surface area (TPSA) is 64.0 Å². The lowest BCUT2D eigenvalue weighted by molar-refractivity contribution is -0.115. The molecule has 0 aliphatic carbocycles. The van der Waals surface area contributed by atoms with Crippen LogP contribution in [-0.2, 0) is 4.79 Å². The lowest BCUT2D eigenvalue weighted by Crippen LogP contribution is -2.23. The number of ketones is 1. The summed E-state index contributed by atoms with van der Waals surface area (Å²) in [5.41, 5.74) is 4.59. The van der Waals surface area contributed by atoms with Crippen LogP contribution in [0.1, 0.15) is 35.3 Å². The molecule has 0 radical (unpaired) electrons. The Morgan fingerprint density at radius 1 is 1.14 bits per heavy atom. The molecule has 1 N–H and O–H groups in total. The number of aromatic nitrogens is 2. The number of Topliss-reactive ketones (excluding diaryl/α,β-unsaturated/α-hetero) is 1. The fraction of sp³-hybridized carbons (Fsp3) is 0.227. The zero-order valence-corrected chi connectivity index (χ0v) is 17.2. The summed E-state index contributed by atoms with van der Waals surface area (Å²) in [7, 11) is 0. The molecule has 5 nitrogen and oxygen atoms in total. The minimum absolute atomic E-state index is 0.0333. The summed E-state index contributed by atoms with van der Waals surface area (Å²) >= 11 is 1.40. The van der Waals surface area contributed by atoms with E-state index in [0.29, 0.717) is 11.3 Å². The minimum atomic E-state index is -0.354. The molecule has 0 fully saturated rings.